The predicted octanol–water partition coefficient (Wildman–Crippen LogP) is 1.41. The summed E-state index contributed by atoms with van der Waals surface area (Å²) in [6, 6.07) is 3.52. The summed E-state index contributed by atoms with van der Waals surface area (Å²) < 4.78 is 21.8. The maximum Gasteiger partial charge on any atom is 0.270 e. The van der Waals surface area contributed by atoms with E-state index in [1.54, 1.807) is 0 Å². The van der Waals surface area contributed by atoms with E-state index in [0.717, 1.165) is 12.3 Å². The number of hydrogen-bond acceptors (Lipinski definition) is 5. The molecule has 0 spiro atoms. The first kappa shape index (κ1) is 16.4. The van der Waals surface area contributed by atoms with Gasteiger partial charge in [0, 0.05) is 24.9 Å². The number of nitrogens with one attached hydrogen (secondary N) is 1. The molecule has 1 amide bonds. The van der Waals surface area contributed by atoms with Gasteiger partial charge in [-0.15, -0.1) is 0 Å². The number of non-ortho nitro benzene ring substituents is 1. The lowest BCUT2D eigenvalue weighted by Gasteiger charge is -2.06. The van der Waals surface area contributed by atoms with Crippen molar-refractivity contribution in [2.45, 2.75) is 6.42 Å². The molecule has 0 saturated carbocycles. The number of carbonyl (C=O) groups excluding carboxylic acids is 1. The number of nitro benzene ring substituents is 1. The van der Waals surface area contributed by atoms with E-state index in [4.69, 9.17) is 11.6 Å². The third-order valence-electron chi connectivity index (χ3n) is 2.39. The summed E-state index contributed by atoms with van der Waals surface area (Å²) in [7, 11) is -3.06. The number of halogens is 1. The average Bonchev–Trinajstić information content (AvgIpc) is 2.33. The van der Waals surface area contributed by atoms with Gasteiger partial charge in [0.15, 0.2) is 0 Å². The van der Waals surface area contributed by atoms with E-state index in [1.807, 2.05) is 0 Å². The van der Waals surface area contributed by atoms with E-state index in [0.29, 0.717) is 0 Å². The maximum atomic E-state index is 11.8. The zero-order valence-electron chi connectivity index (χ0n) is 10.6. The molecule has 0 heterocycles. The van der Waals surface area contributed by atoms with Crippen LogP contribution in [0.4, 0.5) is 5.69 Å². The summed E-state index contributed by atoms with van der Waals surface area (Å²) in [5.74, 6) is -0.528. The van der Waals surface area contributed by atoms with Gasteiger partial charge in [0.1, 0.15) is 9.84 Å². The van der Waals surface area contributed by atoms with E-state index in [9.17, 15) is 23.3 Å². The minimum Gasteiger partial charge on any atom is -0.352 e. The van der Waals surface area contributed by atoms with Gasteiger partial charge in [-0.2, -0.15) is 0 Å². The second-order valence-corrected chi connectivity index (χ2v) is 6.83. The van der Waals surface area contributed by atoms with Crippen LogP contribution in [0.15, 0.2) is 18.2 Å². The molecule has 0 aromatic heterocycles. The van der Waals surface area contributed by atoms with Crippen molar-refractivity contribution in [3.05, 3.63) is 38.9 Å². The molecule has 0 aliphatic carbocycles. The molecule has 1 N–H and O–H groups in total. The Balaban J connectivity index is 2.62. The van der Waals surface area contributed by atoms with E-state index >= 15 is 0 Å². The number of benzene rings is 1. The average molecular weight is 321 g/mol. The van der Waals surface area contributed by atoms with Gasteiger partial charge in [0.25, 0.3) is 11.6 Å². The molecule has 1 aromatic carbocycles. The summed E-state index contributed by atoms with van der Waals surface area (Å²) >= 11 is 5.79. The Labute approximate surface area is 121 Å². The maximum absolute atomic E-state index is 11.8. The zero-order chi connectivity index (χ0) is 15.3. The van der Waals surface area contributed by atoms with Gasteiger partial charge in [-0.25, -0.2) is 8.42 Å². The lowest BCUT2D eigenvalue weighted by Crippen LogP contribution is -2.26. The van der Waals surface area contributed by atoms with Crippen molar-refractivity contribution < 1.29 is 18.1 Å². The third kappa shape index (κ3) is 5.14. The van der Waals surface area contributed by atoms with Gasteiger partial charge in [0.05, 0.1) is 21.3 Å². The molecule has 1 aromatic rings. The van der Waals surface area contributed by atoms with Gasteiger partial charge < -0.3 is 5.32 Å². The Hall–Kier alpha value is -1.67. The van der Waals surface area contributed by atoms with Crippen LogP contribution in [0.2, 0.25) is 5.02 Å². The van der Waals surface area contributed by atoms with E-state index < -0.39 is 20.7 Å². The predicted molar refractivity (Wildman–Crippen MR) is 74.8 cm³/mol. The molecule has 0 fully saturated rings. The summed E-state index contributed by atoms with van der Waals surface area (Å²) in [5.41, 5.74) is -0.0970. The highest BCUT2D eigenvalue weighted by atomic mass is 35.5. The Bertz CT molecular complexity index is 630. The first-order valence-electron chi connectivity index (χ1n) is 5.60. The number of nitrogens with zero attached hydrogens (tertiary/aromatic N) is 1. The van der Waals surface area contributed by atoms with Crippen LogP contribution < -0.4 is 5.32 Å². The highest BCUT2D eigenvalue weighted by molar-refractivity contribution is 7.90. The van der Waals surface area contributed by atoms with Crippen molar-refractivity contribution in [3.63, 3.8) is 0 Å². The monoisotopic (exact) mass is 320 g/mol. The molecule has 0 aliphatic heterocycles. The normalized spacial score (nSPS) is 11.1. The first-order chi connectivity index (χ1) is 9.20. The molecule has 0 unspecified atom stereocenters. The number of rotatable bonds is 6. The largest absolute Gasteiger partial charge is 0.352 e. The number of amides is 1. The molecule has 0 radical (unpaired) electrons. The molecular weight excluding hydrogens is 308 g/mol. The van der Waals surface area contributed by atoms with E-state index in [2.05, 4.69) is 5.32 Å². The number of sulfone groups is 1. The van der Waals surface area contributed by atoms with Crippen LogP contribution in [-0.4, -0.2) is 37.8 Å². The fourth-order valence-corrected chi connectivity index (χ4v) is 2.36. The molecule has 110 valence electrons. The van der Waals surface area contributed by atoms with Crippen LogP contribution in [0.25, 0.3) is 0 Å². The van der Waals surface area contributed by atoms with Crippen LogP contribution >= 0.6 is 11.6 Å². The second-order valence-electron chi connectivity index (χ2n) is 4.16. The van der Waals surface area contributed by atoms with Gasteiger partial charge in [-0.3, -0.25) is 14.9 Å². The van der Waals surface area contributed by atoms with Crippen molar-refractivity contribution >= 4 is 33.0 Å². The lowest BCUT2D eigenvalue weighted by atomic mass is 10.2. The summed E-state index contributed by atoms with van der Waals surface area (Å²) in [4.78, 5) is 21.7. The Morgan fingerprint density at radius 1 is 1.45 bits per heavy atom. The Morgan fingerprint density at radius 3 is 2.60 bits per heavy atom. The Kier molecular flexibility index (Phi) is 5.46. The molecular formula is C11H13ClN2O5S. The van der Waals surface area contributed by atoms with Gasteiger partial charge in [-0.1, -0.05) is 11.6 Å². The summed E-state index contributed by atoms with van der Waals surface area (Å²) in [5, 5.41) is 13.0. The fourth-order valence-electron chi connectivity index (χ4n) is 1.43. The van der Waals surface area contributed by atoms with Crippen molar-refractivity contribution in [3.8, 4) is 0 Å². The van der Waals surface area contributed by atoms with Crippen LogP contribution in [0, 0.1) is 10.1 Å². The molecule has 0 saturated heterocycles. The number of nitro groups is 1. The molecule has 0 atom stereocenters. The van der Waals surface area contributed by atoms with Gasteiger partial charge in [0.2, 0.25) is 0 Å². The van der Waals surface area contributed by atoms with E-state index in [1.165, 1.54) is 12.1 Å². The Morgan fingerprint density at radius 2 is 2.10 bits per heavy atom. The molecule has 0 bridgehead atoms. The van der Waals surface area contributed by atoms with E-state index in [-0.39, 0.29) is 35.0 Å². The first-order valence-corrected chi connectivity index (χ1v) is 8.04. The van der Waals surface area contributed by atoms with Gasteiger partial charge in [-0.05, 0) is 12.5 Å². The summed E-state index contributed by atoms with van der Waals surface area (Å²) in [6.07, 6.45) is 1.40. The van der Waals surface area contributed by atoms with Crippen LogP contribution in [0.1, 0.15) is 16.8 Å². The van der Waals surface area contributed by atoms with Crippen LogP contribution in [-0.2, 0) is 9.84 Å². The molecule has 7 nitrogen and oxygen atoms in total. The highest BCUT2D eigenvalue weighted by Gasteiger charge is 2.14. The third-order valence-corrected chi connectivity index (χ3v) is 3.73. The zero-order valence-corrected chi connectivity index (χ0v) is 12.2. The van der Waals surface area contributed by atoms with Crippen molar-refractivity contribution in [2.75, 3.05) is 18.6 Å². The molecule has 0 aliphatic rings. The minimum atomic E-state index is -3.06. The SMILES string of the molecule is CS(=O)(=O)CCCNC(=O)c1ccc([N+](=O)[O-])cc1Cl. The second kappa shape index (κ2) is 6.67. The standard InChI is InChI=1S/C11H13ClN2O5S/c1-20(18,19)6-2-5-13-11(15)9-4-3-8(14(16)17)7-10(9)12/h3-4,7H,2,5-6H2,1H3,(H,13,15). The van der Waals surface area contributed by atoms with Crippen LogP contribution in [0.5, 0.6) is 0 Å². The fraction of sp³-hybridized carbons (Fsp3) is 0.364. The molecule has 1 rings (SSSR count). The topological polar surface area (TPSA) is 106 Å². The highest BCUT2D eigenvalue weighted by Crippen LogP contribution is 2.22. The van der Waals surface area contributed by atoms with Crippen molar-refractivity contribution in [1.29, 1.82) is 0 Å². The number of carbonyl (C=O) groups is 1. The van der Waals surface area contributed by atoms with Crippen molar-refractivity contribution in [2.24, 2.45) is 0 Å². The van der Waals surface area contributed by atoms with Gasteiger partial charge >= 0.3 is 0 Å². The van der Waals surface area contributed by atoms with Crippen LogP contribution in [0.3, 0.4) is 0 Å². The minimum absolute atomic E-state index is 0.0265. The lowest BCUT2D eigenvalue weighted by molar-refractivity contribution is -0.384. The quantitative estimate of drug-likeness (QED) is 0.484. The number of hydrogen-bond donors (Lipinski definition) is 1. The molecule has 20 heavy (non-hydrogen) atoms. The smallest absolute Gasteiger partial charge is 0.270 e. The van der Waals surface area contributed by atoms with Crippen molar-refractivity contribution in [1.82, 2.24) is 5.32 Å². The summed E-state index contributed by atoms with van der Waals surface area (Å²) in [6.45, 7) is 0.180. The molecule has 9 heteroatoms.